The molecule has 0 spiro atoms. The molecule has 3 heterocycles. The van der Waals surface area contributed by atoms with Gasteiger partial charge in [-0.05, 0) is 48.4 Å². The molecular weight excluding hydrogens is 430 g/mol. The summed E-state index contributed by atoms with van der Waals surface area (Å²) >= 11 is 2.79. The number of carbonyl (C=O) groups excluding carboxylic acids is 2. The highest BCUT2D eigenvalue weighted by Gasteiger charge is 2.23. The number of aryl methyl sites for hydroxylation is 1. The Morgan fingerprint density at radius 3 is 2.55 bits per heavy atom. The Balaban J connectivity index is 1.24. The maximum atomic E-state index is 12.5. The zero-order chi connectivity index (χ0) is 21.6. The van der Waals surface area contributed by atoms with Crippen LogP contribution >= 0.6 is 22.7 Å². The molecule has 0 saturated carbocycles. The van der Waals surface area contributed by atoms with Crippen LogP contribution in [0.1, 0.15) is 49.8 Å². The molecule has 7 nitrogen and oxygen atoms in total. The lowest BCUT2D eigenvalue weighted by Gasteiger charge is -2.31. The summed E-state index contributed by atoms with van der Waals surface area (Å²) in [6.45, 7) is 4.52. The summed E-state index contributed by atoms with van der Waals surface area (Å²) in [6.07, 6.45) is 2.76. The molecule has 2 amide bonds. The van der Waals surface area contributed by atoms with E-state index in [9.17, 15) is 9.59 Å². The summed E-state index contributed by atoms with van der Waals surface area (Å²) in [7, 11) is 0. The number of anilines is 1. The molecule has 0 bridgehead atoms. The van der Waals surface area contributed by atoms with E-state index in [-0.39, 0.29) is 17.9 Å². The van der Waals surface area contributed by atoms with Crippen molar-refractivity contribution in [2.75, 3.05) is 18.4 Å². The van der Waals surface area contributed by atoms with Crippen molar-refractivity contribution < 1.29 is 9.59 Å². The summed E-state index contributed by atoms with van der Waals surface area (Å²) in [6, 6.07) is 11.8. The smallest absolute Gasteiger partial charge is 0.286 e. The van der Waals surface area contributed by atoms with Gasteiger partial charge in [0.05, 0.1) is 11.4 Å². The van der Waals surface area contributed by atoms with Crippen LogP contribution in [-0.2, 0) is 13.0 Å². The van der Waals surface area contributed by atoms with E-state index in [1.54, 1.807) is 0 Å². The number of carbonyl (C=O) groups is 2. The van der Waals surface area contributed by atoms with Gasteiger partial charge in [0.1, 0.15) is 5.01 Å². The fourth-order valence-corrected chi connectivity index (χ4v) is 4.91. The topological polar surface area (TPSA) is 87.2 Å². The molecule has 2 aromatic heterocycles. The van der Waals surface area contributed by atoms with Crippen LogP contribution in [0.2, 0.25) is 0 Å². The van der Waals surface area contributed by atoms with Crippen LogP contribution in [0.3, 0.4) is 0 Å². The van der Waals surface area contributed by atoms with E-state index >= 15 is 0 Å². The summed E-state index contributed by atoms with van der Waals surface area (Å²) in [5, 5.41) is 17.4. The van der Waals surface area contributed by atoms with Crippen molar-refractivity contribution in [3.8, 4) is 0 Å². The molecular formula is C22H25N5O2S2. The van der Waals surface area contributed by atoms with Gasteiger partial charge in [0.2, 0.25) is 5.01 Å². The molecule has 0 unspecified atom stereocenters. The van der Waals surface area contributed by atoms with Gasteiger partial charge in [-0.3, -0.25) is 14.5 Å². The maximum Gasteiger partial charge on any atom is 0.286 e. The molecule has 0 aliphatic carbocycles. The van der Waals surface area contributed by atoms with Crippen LogP contribution in [0, 0.1) is 0 Å². The highest BCUT2D eigenvalue weighted by atomic mass is 32.1. The monoisotopic (exact) mass is 455 g/mol. The first-order chi connectivity index (χ1) is 15.1. The normalized spacial score (nSPS) is 15.0. The van der Waals surface area contributed by atoms with E-state index in [1.165, 1.54) is 28.2 Å². The Labute approximate surface area is 189 Å². The Bertz CT molecular complexity index is 1010. The van der Waals surface area contributed by atoms with Gasteiger partial charge >= 0.3 is 0 Å². The van der Waals surface area contributed by atoms with Crippen molar-refractivity contribution in [3.63, 3.8) is 0 Å². The molecule has 1 aliphatic heterocycles. The molecule has 1 saturated heterocycles. The fraction of sp³-hybridized carbons (Fsp3) is 0.364. The van der Waals surface area contributed by atoms with Crippen LogP contribution < -0.4 is 10.6 Å². The Morgan fingerprint density at radius 2 is 1.87 bits per heavy atom. The number of thiophene rings is 1. The number of hydrogen-bond donors (Lipinski definition) is 2. The van der Waals surface area contributed by atoms with E-state index in [0.717, 1.165) is 47.9 Å². The maximum absolute atomic E-state index is 12.5. The van der Waals surface area contributed by atoms with Crippen molar-refractivity contribution in [3.05, 3.63) is 62.2 Å². The third-order valence-electron chi connectivity index (χ3n) is 5.31. The number of piperidine rings is 1. The van der Waals surface area contributed by atoms with Crippen LogP contribution in [0.25, 0.3) is 0 Å². The summed E-state index contributed by atoms with van der Waals surface area (Å²) < 4.78 is 0. The van der Waals surface area contributed by atoms with Crippen LogP contribution in [0.5, 0.6) is 0 Å². The highest BCUT2D eigenvalue weighted by molar-refractivity contribution is 7.13. The lowest BCUT2D eigenvalue weighted by molar-refractivity contribution is 0.0912. The van der Waals surface area contributed by atoms with Crippen molar-refractivity contribution in [2.24, 2.45) is 0 Å². The van der Waals surface area contributed by atoms with Gasteiger partial charge in [-0.25, -0.2) is 0 Å². The second-order valence-electron chi connectivity index (χ2n) is 7.51. The Hall–Kier alpha value is -2.62. The molecule has 31 heavy (non-hydrogen) atoms. The first kappa shape index (κ1) is 21.6. The average Bonchev–Trinajstić information content (AvgIpc) is 3.48. The van der Waals surface area contributed by atoms with Crippen LogP contribution in [-0.4, -0.2) is 46.0 Å². The van der Waals surface area contributed by atoms with E-state index in [2.05, 4.69) is 32.7 Å². The number of nitrogens with zero attached hydrogens (tertiary/aromatic N) is 3. The van der Waals surface area contributed by atoms with E-state index in [0.29, 0.717) is 11.6 Å². The lowest BCUT2D eigenvalue weighted by atomic mass is 10.1. The predicted octanol–water partition coefficient (Wildman–Crippen LogP) is 3.81. The number of nitrogens with one attached hydrogen (secondary N) is 2. The van der Waals surface area contributed by atoms with Crippen molar-refractivity contribution in [1.29, 1.82) is 0 Å². The van der Waals surface area contributed by atoms with Gasteiger partial charge in [-0.15, -0.1) is 21.5 Å². The van der Waals surface area contributed by atoms with Crippen molar-refractivity contribution >= 4 is 40.2 Å². The fourth-order valence-electron chi connectivity index (χ4n) is 3.51. The third-order valence-corrected chi connectivity index (χ3v) is 7.08. The largest absolute Gasteiger partial charge is 0.349 e. The standard InChI is InChI=1S/C22H25N5O2S2/c1-2-15-5-7-16(8-6-15)24-21(29)22-26-25-19(31-22)14-27-11-9-17(10-12-27)23-20(28)18-4-3-13-30-18/h3-8,13,17H,2,9-12,14H2,1H3,(H,23,28)(H,24,29). The summed E-state index contributed by atoms with van der Waals surface area (Å²) in [5.41, 5.74) is 1.98. The number of aromatic nitrogens is 2. The number of hydrogen-bond acceptors (Lipinski definition) is 7. The molecule has 2 N–H and O–H groups in total. The first-order valence-electron chi connectivity index (χ1n) is 10.4. The van der Waals surface area contributed by atoms with Crippen LogP contribution in [0.15, 0.2) is 41.8 Å². The average molecular weight is 456 g/mol. The molecule has 0 radical (unpaired) electrons. The number of rotatable bonds is 7. The Kier molecular flexibility index (Phi) is 7.06. The van der Waals surface area contributed by atoms with Gasteiger partial charge in [0.15, 0.2) is 0 Å². The molecule has 1 fully saturated rings. The van der Waals surface area contributed by atoms with Gasteiger partial charge in [-0.2, -0.15) is 0 Å². The minimum atomic E-state index is -0.233. The predicted molar refractivity (Wildman–Crippen MR) is 124 cm³/mol. The van der Waals surface area contributed by atoms with Gasteiger partial charge in [-0.1, -0.05) is 36.5 Å². The van der Waals surface area contributed by atoms with Crippen molar-refractivity contribution in [2.45, 2.75) is 38.8 Å². The van der Waals surface area contributed by atoms with E-state index in [4.69, 9.17) is 0 Å². The van der Waals surface area contributed by atoms with Crippen LogP contribution in [0.4, 0.5) is 5.69 Å². The van der Waals surface area contributed by atoms with Gasteiger partial charge in [0, 0.05) is 24.8 Å². The molecule has 1 aromatic carbocycles. The molecule has 4 rings (SSSR count). The molecule has 3 aromatic rings. The van der Waals surface area contributed by atoms with Crippen molar-refractivity contribution in [1.82, 2.24) is 20.4 Å². The molecule has 9 heteroatoms. The number of amides is 2. The second kappa shape index (κ2) is 10.1. The summed E-state index contributed by atoms with van der Waals surface area (Å²) in [4.78, 5) is 27.7. The quantitative estimate of drug-likeness (QED) is 0.566. The zero-order valence-corrected chi connectivity index (χ0v) is 19.0. The zero-order valence-electron chi connectivity index (χ0n) is 17.3. The first-order valence-corrected chi connectivity index (χ1v) is 12.1. The lowest BCUT2D eigenvalue weighted by Crippen LogP contribution is -2.44. The molecule has 1 aliphatic rings. The SMILES string of the molecule is CCc1ccc(NC(=O)c2nnc(CN3CCC(NC(=O)c4cccs4)CC3)s2)cc1. The van der Waals surface area contributed by atoms with Gasteiger partial charge in [0.25, 0.3) is 11.8 Å². The minimum absolute atomic E-state index is 0.0116. The van der Waals surface area contributed by atoms with E-state index < -0.39 is 0 Å². The highest BCUT2D eigenvalue weighted by Crippen LogP contribution is 2.19. The molecule has 0 atom stereocenters. The van der Waals surface area contributed by atoms with Gasteiger partial charge < -0.3 is 10.6 Å². The molecule has 162 valence electrons. The summed E-state index contributed by atoms with van der Waals surface area (Å²) in [5.74, 6) is -0.222. The number of benzene rings is 1. The number of likely N-dealkylation sites (tertiary alicyclic amines) is 1. The van der Waals surface area contributed by atoms with E-state index in [1.807, 2.05) is 41.8 Å². The Morgan fingerprint density at radius 1 is 1.10 bits per heavy atom. The second-order valence-corrected chi connectivity index (χ2v) is 9.52. The third kappa shape index (κ3) is 5.75. The minimum Gasteiger partial charge on any atom is -0.349 e.